The average Bonchev–Trinajstić information content (AvgIpc) is 3.03. The topological polar surface area (TPSA) is 39.9 Å². The number of aromatic nitrogens is 3. The molecule has 146 valence electrons. The zero-order valence-corrected chi connectivity index (χ0v) is 18.4. The van der Waals surface area contributed by atoms with Crippen LogP contribution in [0.3, 0.4) is 0 Å². The maximum absolute atomic E-state index is 6.25. The maximum Gasteiger partial charge on any atom is 0.191 e. The first-order valence-electron chi connectivity index (χ1n) is 8.16. The third kappa shape index (κ3) is 5.16. The van der Waals surface area contributed by atoms with E-state index in [1.807, 2.05) is 22.8 Å². The molecule has 0 aliphatic carbocycles. The number of hydrogen-bond donors (Lipinski definition) is 0. The van der Waals surface area contributed by atoms with Crippen LogP contribution < -0.4 is 4.74 Å². The molecule has 1 aromatic heterocycles. The van der Waals surface area contributed by atoms with Crippen LogP contribution in [0.15, 0.2) is 54.2 Å². The van der Waals surface area contributed by atoms with Crippen molar-refractivity contribution < 1.29 is 4.74 Å². The van der Waals surface area contributed by atoms with Crippen LogP contribution in [0, 0.1) is 0 Å². The maximum atomic E-state index is 6.25. The number of rotatable bonds is 8. The van der Waals surface area contributed by atoms with Gasteiger partial charge in [0.2, 0.25) is 0 Å². The van der Waals surface area contributed by atoms with Crippen molar-refractivity contribution in [2.75, 3.05) is 0 Å². The lowest BCUT2D eigenvalue weighted by atomic mass is 10.2. The summed E-state index contributed by atoms with van der Waals surface area (Å²) in [6.07, 6.45) is 1.77. The van der Waals surface area contributed by atoms with Crippen LogP contribution in [0.25, 0.3) is 0 Å². The van der Waals surface area contributed by atoms with Crippen molar-refractivity contribution in [2.45, 2.75) is 24.1 Å². The SMILES string of the molecule is C=CCn1c(COc2ccc(Cl)cc2Cl)nnc1SCc1c(Cl)cccc1Cl. The summed E-state index contributed by atoms with van der Waals surface area (Å²) in [5.41, 5.74) is 0.856. The molecule has 0 atom stereocenters. The quantitative estimate of drug-likeness (QED) is 0.261. The van der Waals surface area contributed by atoms with E-state index in [1.165, 1.54) is 11.8 Å². The van der Waals surface area contributed by atoms with E-state index in [0.29, 0.717) is 44.0 Å². The zero-order chi connectivity index (χ0) is 20.1. The lowest BCUT2D eigenvalue weighted by molar-refractivity contribution is 0.289. The predicted octanol–water partition coefficient (Wildman–Crippen LogP) is 6.95. The summed E-state index contributed by atoms with van der Waals surface area (Å²) in [4.78, 5) is 0. The number of benzene rings is 2. The number of allylic oxidation sites excluding steroid dienone is 1. The third-order valence-electron chi connectivity index (χ3n) is 3.76. The lowest BCUT2D eigenvalue weighted by Crippen LogP contribution is -2.07. The van der Waals surface area contributed by atoms with Crippen molar-refractivity contribution in [1.29, 1.82) is 0 Å². The second-order valence-electron chi connectivity index (χ2n) is 5.65. The monoisotopic (exact) mass is 473 g/mol. The van der Waals surface area contributed by atoms with Gasteiger partial charge in [-0.2, -0.15) is 0 Å². The van der Waals surface area contributed by atoms with Gasteiger partial charge in [-0.15, -0.1) is 16.8 Å². The fourth-order valence-electron chi connectivity index (χ4n) is 2.39. The second kappa shape index (κ2) is 9.90. The number of nitrogens with zero attached hydrogens (tertiary/aromatic N) is 3. The van der Waals surface area contributed by atoms with Crippen LogP contribution in [0.4, 0.5) is 0 Å². The molecule has 3 rings (SSSR count). The van der Waals surface area contributed by atoms with Gasteiger partial charge in [0.15, 0.2) is 11.0 Å². The van der Waals surface area contributed by atoms with Crippen molar-refractivity contribution in [2.24, 2.45) is 0 Å². The molecule has 0 aliphatic rings. The van der Waals surface area contributed by atoms with Crippen molar-refractivity contribution >= 4 is 58.2 Å². The molecule has 0 bridgehead atoms. The Morgan fingerprint density at radius 3 is 2.46 bits per heavy atom. The number of ether oxygens (including phenoxy) is 1. The van der Waals surface area contributed by atoms with Crippen molar-refractivity contribution in [1.82, 2.24) is 14.8 Å². The van der Waals surface area contributed by atoms with E-state index in [0.717, 1.165) is 10.7 Å². The average molecular weight is 475 g/mol. The van der Waals surface area contributed by atoms with Gasteiger partial charge < -0.3 is 4.74 Å². The van der Waals surface area contributed by atoms with Crippen LogP contribution in [-0.2, 0) is 18.9 Å². The van der Waals surface area contributed by atoms with Gasteiger partial charge in [-0.1, -0.05) is 70.3 Å². The van der Waals surface area contributed by atoms with Crippen LogP contribution in [-0.4, -0.2) is 14.8 Å². The molecule has 1 heterocycles. The van der Waals surface area contributed by atoms with Crippen molar-refractivity contribution in [3.8, 4) is 5.75 Å². The summed E-state index contributed by atoms with van der Waals surface area (Å²) < 4.78 is 7.70. The standard InChI is InChI=1S/C19H15Cl4N3OS/c1-2-8-26-18(10-27-17-7-6-12(20)9-16(17)23)24-25-19(26)28-11-13-14(21)4-3-5-15(13)22/h2-7,9H,1,8,10-11H2. The van der Waals surface area contributed by atoms with Crippen LogP contribution >= 0.6 is 58.2 Å². The lowest BCUT2D eigenvalue weighted by Gasteiger charge is -2.11. The highest BCUT2D eigenvalue weighted by Crippen LogP contribution is 2.32. The molecule has 0 saturated carbocycles. The molecular formula is C19H15Cl4N3OS. The molecule has 0 radical (unpaired) electrons. The molecule has 0 aliphatic heterocycles. The molecule has 3 aromatic rings. The molecule has 9 heteroatoms. The molecule has 28 heavy (non-hydrogen) atoms. The van der Waals surface area contributed by atoms with E-state index in [1.54, 1.807) is 24.3 Å². The molecule has 4 nitrogen and oxygen atoms in total. The first-order chi connectivity index (χ1) is 13.5. The number of halogens is 4. The van der Waals surface area contributed by atoms with Gasteiger partial charge in [0.25, 0.3) is 0 Å². The Balaban J connectivity index is 1.75. The van der Waals surface area contributed by atoms with E-state index in [4.69, 9.17) is 51.1 Å². The Labute approximate surface area is 187 Å². The van der Waals surface area contributed by atoms with Crippen molar-refractivity contribution in [3.05, 3.63) is 80.5 Å². The van der Waals surface area contributed by atoms with Crippen LogP contribution in [0.1, 0.15) is 11.4 Å². The molecule has 0 saturated heterocycles. The largest absolute Gasteiger partial charge is 0.484 e. The minimum absolute atomic E-state index is 0.204. The molecule has 0 spiro atoms. The third-order valence-corrected chi connectivity index (χ3v) is 6.00. The van der Waals surface area contributed by atoms with Crippen molar-refractivity contribution in [3.63, 3.8) is 0 Å². The van der Waals surface area contributed by atoms with E-state index in [2.05, 4.69) is 16.8 Å². The second-order valence-corrected chi connectivity index (χ2v) is 8.25. The highest BCUT2D eigenvalue weighted by Gasteiger charge is 2.15. The first-order valence-corrected chi connectivity index (χ1v) is 10.7. The summed E-state index contributed by atoms with van der Waals surface area (Å²) in [6.45, 7) is 4.55. The Hall–Kier alpha value is -1.37. The van der Waals surface area contributed by atoms with Crippen LogP contribution in [0.5, 0.6) is 5.75 Å². The van der Waals surface area contributed by atoms with E-state index >= 15 is 0 Å². The molecular weight excluding hydrogens is 460 g/mol. The summed E-state index contributed by atoms with van der Waals surface area (Å²) in [5.74, 6) is 1.74. The Kier molecular flexibility index (Phi) is 7.55. The first kappa shape index (κ1) is 21.3. The minimum atomic E-state index is 0.204. The molecule has 0 fully saturated rings. The Morgan fingerprint density at radius 2 is 1.79 bits per heavy atom. The van der Waals surface area contributed by atoms with Gasteiger partial charge in [-0.25, -0.2) is 0 Å². The summed E-state index contributed by atoms with van der Waals surface area (Å²) in [7, 11) is 0. The van der Waals surface area contributed by atoms with Gasteiger partial charge in [-0.3, -0.25) is 4.57 Å². The molecule has 0 N–H and O–H groups in total. The van der Waals surface area contributed by atoms with E-state index in [-0.39, 0.29) is 6.61 Å². The summed E-state index contributed by atoms with van der Waals surface area (Å²) in [6, 6.07) is 10.5. The van der Waals surface area contributed by atoms with Gasteiger partial charge in [-0.05, 0) is 35.9 Å². The summed E-state index contributed by atoms with van der Waals surface area (Å²) >= 11 is 26.0. The number of thioether (sulfide) groups is 1. The van der Waals surface area contributed by atoms with E-state index < -0.39 is 0 Å². The zero-order valence-electron chi connectivity index (χ0n) is 14.5. The molecule has 0 unspecified atom stereocenters. The van der Waals surface area contributed by atoms with E-state index in [9.17, 15) is 0 Å². The number of hydrogen-bond acceptors (Lipinski definition) is 4. The van der Waals surface area contributed by atoms with Crippen LogP contribution in [0.2, 0.25) is 20.1 Å². The fourth-order valence-corrected chi connectivity index (χ4v) is 4.56. The molecule has 0 amide bonds. The Bertz CT molecular complexity index is 973. The highest BCUT2D eigenvalue weighted by atomic mass is 35.5. The Morgan fingerprint density at radius 1 is 1.04 bits per heavy atom. The molecule has 2 aromatic carbocycles. The highest BCUT2D eigenvalue weighted by molar-refractivity contribution is 7.98. The normalized spacial score (nSPS) is 10.9. The summed E-state index contributed by atoms with van der Waals surface area (Å²) in [5, 5.41) is 11.4. The van der Waals surface area contributed by atoms with Gasteiger partial charge in [0, 0.05) is 27.4 Å². The predicted molar refractivity (Wildman–Crippen MR) is 117 cm³/mol. The minimum Gasteiger partial charge on any atom is -0.484 e. The smallest absolute Gasteiger partial charge is 0.191 e. The van der Waals surface area contributed by atoms with Gasteiger partial charge in [0.1, 0.15) is 12.4 Å². The van der Waals surface area contributed by atoms with Gasteiger partial charge in [0.05, 0.1) is 5.02 Å². The fraction of sp³-hybridized carbons (Fsp3) is 0.158. The van der Waals surface area contributed by atoms with Gasteiger partial charge >= 0.3 is 0 Å².